The summed E-state index contributed by atoms with van der Waals surface area (Å²) in [5, 5.41) is 13.4. The summed E-state index contributed by atoms with van der Waals surface area (Å²) < 4.78 is 0. The lowest BCUT2D eigenvalue weighted by Crippen LogP contribution is -2.38. The average Bonchev–Trinajstić information content (AvgIpc) is 2.66. The molecular weight excluding hydrogens is 138 g/mol. The van der Waals surface area contributed by atoms with Crippen LogP contribution in [0.4, 0.5) is 0 Å². The van der Waals surface area contributed by atoms with Crippen molar-refractivity contribution in [2.24, 2.45) is 11.8 Å². The highest BCUT2D eigenvalue weighted by atomic mass is 16.3. The van der Waals surface area contributed by atoms with Gasteiger partial charge in [0.1, 0.15) is 0 Å². The van der Waals surface area contributed by atoms with Crippen LogP contribution in [0.1, 0.15) is 26.2 Å². The maximum atomic E-state index is 10.1. The molecule has 0 amide bonds. The molecule has 2 atom stereocenters. The van der Waals surface area contributed by atoms with Crippen LogP contribution in [0.5, 0.6) is 0 Å². The van der Waals surface area contributed by atoms with Gasteiger partial charge in [-0.2, -0.15) is 0 Å². The molecule has 1 aliphatic heterocycles. The minimum Gasteiger partial charge on any atom is -0.390 e. The zero-order valence-corrected chi connectivity index (χ0v) is 7.14. The molecule has 0 spiro atoms. The lowest BCUT2D eigenvalue weighted by atomic mass is 9.84. The van der Waals surface area contributed by atoms with Crippen molar-refractivity contribution in [2.75, 3.05) is 13.1 Å². The van der Waals surface area contributed by atoms with Gasteiger partial charge in [-0.1, -0.05) is 0 Å². The molecule has 1 saturated heterocycles. The second-order valence-corrected chi connectivity index (χ2v) is 4.19. The topological polar surface area (TPSA) is 32.3 Å². The first-order valence-electron chi connectivity index (χ1n) is 4.64. The van der Waals surface area contributed by atoms with Crippen LogP contribution in [0, 0.1) is 11.8 Å². The van der Waals surface area contributed by atoms with Gasteiger partial charge in [0.25, 0.3) is 0 Å². The van der Waals surface area contributed by atoms with Crippen molar-refractivity contribution in [1.82, 2.24) is 5.32 Å². The summed E-state index contributed by atoms with van der Waals surface area (Å²) >= 11 is 0. The predicted molar refractivity (Wildman–Crippen MR) is 44.3 cm³/mol. The molecule has 0 aromatic rings. The number of rotatable bonds is 2. The Bertz CT molecular complexity index is 146. The van der Waals surface area contributed by atoms with Gasteiger partial charge >= 0.3 is 0 Å². The quantitative estimate of drug-likeness (QED) is 0.617. The molecule has 0 aromatic heterocycles. The van der Waals surface area contributed by atoms with Crippen LogP contribution in [-0.4, -0.2) is 23.8 Å². The molecule has 2 nitrogen and oxygen atoms in total. The molecule has 2 rings (SSSR count). The normalized spacial score (nSPS) is 37.1. The van der Waals surface area contributed by atoms with Gasteiger partial charge in [-0.3, -0.25) is 0 Å². The molecule has 1 heterocycles. The van der Waals surface area contributed by atoms with Crippen molar-refractivity contribution in [1.29, 1.82) is 0 Å². The van der Waals surface area contributed by atoms with E-state index in [1.165, 1.54) is 12.8 Å². The zero-order chi connectivity index (χ0) is 7.90. The molecule has 0 aromatic carbocycles. The van der Waals surface area contributed by atoms with Crippen molar-refractivity contribution >= 4 is 0 Å². The lowest BCUT2D eigenvalue weighted by Gasteiger charge is -2.29. The Morgan fingerprint density at radius 2 is 2.00 bits per heavy atom. The van der Waals surface area contributed by atoms with Gasteiger partial charge in [0.2, 0.25) is 0 Å². The smallest absolute Gasteiger partial charge is 0.0688 e. The van der Waals surface area contributed by atoms with Crippen LogP contribution in [-0.2, 0) is 0 Å². The third kappa shape index (κ3) is 1.30. The van der Waals surface area contributed by atoms with Crippen molar-refractivity contribution in [3.63, 3.8) is 0 Å². The third-order valence-electron chi connectivity index (χ3n) is 3.29. The molecule has 11 heavy (non-hydrogen) atoms. The molecule has 2 aliphatic rings. The molecule has 0 radical (unpaired) electrons. The number of hydrogen-bond donors (Lipinski definition) is 2. The average molecular weight is 155 g/mol. The summed E-state index contributed by atoms with van der Waals surface area (Å²) in [4.78, 5) is 0. The fourth-order valence-electron chi connectivity index (χ4n) is 2.15. The van der Waals surface area contributed by atoms with Crippen LogP contribution < -0.4 is 5.32 Å². The summed E-state index contributed by atoms with van der Waals surface area (Å²) in [5.41, 5.74) is -0.372. The van der Waals surface area contributed by atoms with E-state index in [0.29, 0.717) is 11.8 Å². The molecule has 2 unspecified atom stereocenters. The summed E-state index contributed by atoms with van der Waals surface area (Å²) in [6.45, 7) is 4.12. The van der Waals surface area contributed by atoms with E-state index in [1.807, 2.05) is 6.92 Å². The third-order valence-corrected chi connectivity index (χ3v) is 3.29. The number of aliphatic hydroxyl groups is 1. The van der Waals surface area contributed by atoms with Crippen LogP contribution >= 0.6 is 0 Å². The minimum atomic E-state index is -0.372. The summed E-state index contributed by atoms with van der Waals surface area (Å²) in [6, 6.07) is 0. The molecule has 1 aliphatic carbocycles. The fourth-order valence-corrected chi connectivity index (χ4v) is 2.15. The first-order valence-corrected chi connectivity index (χ1v) is 4.64. The minimum absolute atomic E-state index is 0.372. The van der Waals surface area contributed by atoms with Crippen molar-refractivity contribution in [2.45, 2.75) is 31.8 Å². The van der Waals surface area contributed by atoms with E-state index in [4.69, 9.17) is 0 Å². The molecule has 64 valence electrons. The van der Waals surface area contributed by atoms with E-state index in [9.17, 15) is 5.11 Å². The fraction of sp³-hybridized carbons (Fsp3) is 1.00. The molecular formula is C9H17NO. The van der Waals surface area contributed by atoms with Crippen molar-refractivity contribution in [3.05, 3.63) is 0 Å². The largest absolute Gasteiger partial charge is 0.390 e. The SMILES string of the molecule is CC(O)(C1CC1)C1CCNC1. The van der Waals surface area contributed by atoms with E-state index in [1.54, 1.807) is 0 Å². The highest BCUT2D eigenvalue weighted by molar-refractivity contribution is 4.98. The second kappa shape index (κ2) is 2.46. The Kier molecular flexibility index (Phi) is 1.69. The molecule has 0 bridgehead atoms. The van der Waals surface area contributed by atoms with Gasteiger partial charge in [0, 0.05) is 12.5 Å². The van der Waals surface area contributed by atoms with Gasteiger partial charge in [-0.25, -0.2) is 0 Å². The zero-order valence-electron chi connectivity index (χ0n) is 7.14. The predicted octanol–water partition coefficient (Wildman–Crippen LogP) is 0.757. The van der Waals surface area contributed by atoms with Crippen LogP contribution in [0.2, 0.25) is 0 Å². The van der Waals surface area contributed by atoms with Crippen LogP contribution in [0.15, 0.2) is 0 Å². The Labute approximate surface area is 68.0 Å². The molecule has 2 heteroatoms. The maximum Gasteiger partial charge on any atom is 0.0688 e. The lowest BCUT2D eigenvalue weighted by molar-refractivity contribution is -0.0143. The summed E-state index contributed by atoms with van der Waals surface area (Å²) in [7, 11) is 0. The second-order valence-electron chi connectivity index (χ2n) is 4.19. The van der Waals surface area contributed by atoms with Crippen molar-refractivity contribution in [3.8, 4) is 0 Å². The van der Waals surface area contributed by atoms with Gasteiger partial charge in [-0.15, -0.1) is 0 Å². The maximum absolute atomic E-state index is 10.1. The monoisotopic (exact) mass is 155 g/mol. The van der Waals surface area contributed by atoms with Gasteiger partial charge in [-0.05, 0) is 38.6 Å². The van der Waals surface area contributed by atoms with E-state index < -0.39 is 0 Å². The van der Waals surface area contributed by atoms with Crippen molar-refractivity contribution < 1.29 is 5.11 Å². The standard InChI is InChI=1S/C9H17NO/c1-9(11,7-2-3-7)8-4-5-10-6-8/h7-8,10-11H,2-6H2,1H3. The van der Waals surface area contributed by atoms with Crippen LogP contribution in [0.3, 0.4) is 0 Å². The molecule has 1 saturated carbocycles. The summed E-state index contributed by atoms with van der Waals surface area (Å²) in [6.07, 6.45) is 3.64. The van der Waals surface area contributed by atoms with E-state index in [0.717, 1.165) is 19.5 Å². The van der Waals surface area contributed by atoms with Gasteiger partial charge < -0.3 is 10.4 Å². The molecule has 2 fully saturated rings. The van der Waals surface area contributed by atoms with Gasteiger partial charge in [0.05, 0.1) is 5.60 Å². The Morgan fingerprint density at radius 3 is 2.45 bits per heavy atom. The highest BCUT2D eigenvalue weighted by Crippen LogP contribution is 2.44. The van der Waals surface area contributed by atoms with E-state index in [2.05, 4.69) is 5.32 Å². The van der Waals surface area contributed by atoms with Crippen LogP contribution in [0.25, 0.3) is 0 Å². The first-order chi connectivity index (χ1) is 5.21. The first kappa shape index (κ1) is 7.56. The van der Waals surface area contributed by atoms with E-state index >= 15 is 0 Å². The Morgan fingerprint density at radius 1 is 1.27 bits per heavy atom. The number of hydrogen-bond acceptors (Lipinski definition) is 2. The summed E-state index contributed by atoms with van der Waals surface area (Å²) in [5.74, 6) is 1.11. The Balaban J connectivity index is 1.99. The van der Waals surface area contributed by atoms with Gasteiger partial charge in [0.15, 0.2) is 0 Å². The Hall–Kier alpha value is -0.0800. The van der Waals surface area contributed by atoms with E-state index in [-0.39, 0.29) is 5.60 Å². The number of nitrogens with one attached hydrogen (secondary N) is 1. The highest BCUT2D eigenvalue weighted by Gasteiger charge is 2.45. The molecule has 2 N–H and O–H groups in total.